The summed E-state index contributed by atoms with van der Waals surface area (Å²) in [6, 6.07) is 6.43. The summed E-state index contributed by atoms with van der Waals surface area (Å²) in [7, 11) is 0. The van der Waals surface area contributed by atoms with Gasteiger partial charge in [-0.3, -0.25) is 0 Å². The van der Waals surface area contributed by atoms with Crippen LogP contribution in [0.5, 0.6) is 0 Å². The van der Waals surface area contributed by atoms with E-state index in [1.165, 1.54) is 12.3 Å². The zero-order valence-electron chi connectivity index (χ0n) is 13.0. The molecule has 0 radical (unpaired) electrons. The quantitative estimate of drug-likeness (QED) is 0.774. The molecule has 24 heavy (non-hydrogen) atoms. The van der Waals surface area contributed by atoms with Gasteiger partial charge in [0.2, 0.25) is 5.89 Å². The van der Waals surface area contributed by atoms with Crippen molar-refractivity contribution in [2.24, 2.45) is 5.73 Å². The minimum Gasteiger partial charge on any atom is -0.441 e. The third kappa shape index (κ3) is 2.71. The van der Waals surface area contributed by atoms with Crippen LogP contribution < -0.4 is 5.73 Å². The van der Waals surface area contributed by atoms with Crippen LogP contribution in [0.4, 0.5) is 4.39 Å². The van der Waals surface area contributed by atoms with Gasteiger partial charge < -0.3 is 14.7 Å². The van der Waals surface area contributed by atoms with E-state index >= 15 is 0 Å². The maximum Gasteiger partial charge on any atom is 0.227 e. The topological polar surface area (TPSA) is 91.0 Å². The van der Waals surface area contributed by atoms with Gasteiger partial charge in [-0.05, 0) is 31.4 Å². The first kappa shape index (κ1) is 15.0. The number of aryl methyl sites for hydroxylation is 2. The molecule has 0 bridgehead atoms. The van der Waals surface area contributed by atoms with E-state index < -0.39 is 5.54 Å². The lowest BCUT2D eigenvalue weighted by atomic mass is 9.77. The zero-order valence-corrected chi connectivity index (χ0v) is 13.0. The Morgan fingerprint density at radius 1 is 1.17 bits per heavy atom. The highest BCUT2D eigenvalue weighted by atomic mass is 19.1. The smallest absolute Gasteiger partial charge is 0.227 e. The van der Waals surface area contributed by atoms with Crippen LogP contribution in [0, 0.1) is 5.82 Å². The number of hydrogen-bond acceptors (Lipinski definition) is 6. The van der Waals surface area contributed by atoms with Gasteiger partial charge in [-0.15, -0.1) is 0 Å². The highest BCUT2D eigenvalue weighted by molar-refractivity contribution is 5.56. The first-order valence-electron chi connectivity index (χ1n) is 7.96. The number of halogens is 1. The minimum atomic E-state index is -0.428. The van der Waals surface area contributed by atoms with Gasteiger partial charge in [0.05, 0.1) is 17.3 Å². The van der Waals surface area contributed by atoms with Crippen LogP contribution in [0.25, 0.3) is 11.3 Å². The summed E-state index contributed by atoms with van der Waals surface area (Å²) in [6.07, 6.45) is 5.38. The molecule has 3 aromatic rings. The van der Waals surface area contributed by atoms with E-state index in [-0.39, 0.29) is 5.82 Å². The Labute approximate surface area is 137 Å². The molecule has 1 saturated carbocycles. The Kier molecular flexibility index (Phi) is 3.65. The summed E-state index contributed by atoms with van der Waals surface area (Å²) in [5.41, 5.74) is 6.14. The summed E-state index contributed by atoms with van der Waals surface area (Å²) in [5, 5.41) is 3.97. The van der Waals surface area contributed by atoms with Crippen molar-refractivity contribution in [1.29, 1.82) is 0 Å². The van der Waals surface area contributed by atoms with Gasteiger partial charge in [0.25, 0.3) is 0 Å². The van der Waals surface area contributed by atoms with Gasteiger partial charge in [-0.2, -0.15) is 4.98 Å². The van der Waals surface area contributed by atoms with Crippen molar-refractivity contribution in [2.75, 3.05) is 0 Å². The molecule has 6 nitrogen and oxygen atoms in total. The van der Waals surface area contributed by atoms with Gasteiger partial charge in [0, 0.05) is 12.8 Å². The van der Waals surface area contributed by atoms with E-state index in [0.717, 1.165) is 19.3 Å². The lowest BCUT2D eigenvalue weighted by Gasteiger charge is -2.34. The van der Waals surface area contributed by atoms with Gasteiger partial charge >= 0.3 is 0 Å². The lowest BCUT2D eigenvalue weighted by Crippen LogP contribution is -2.44. The molecule has 2 aromatic heterocycles. The van der Waals surface area contributed by atoms with E-state index in [2.05, 4.69) is 15.1 Å². The Morgan fingerprint density at radius 2 is 1.96 bits per heavy atom. The van der Waals surface area contributed by atoms with E-state index in [9.17, 15) is 4.39 Å². The molecule has 7 heteroatoms. The van der Waals surface area contributed by atoms with Gasteiger partial charge in [-0.25, -0.2) is 9.37 Å². The maximum atomic E-state index is 13.8. The first-order chi connectivity index (χ1) is 11.6. The van der Waals surface area contributed by atoms with Crippen molar-refractivity contribution in [3.05, 3.63) is 53.9 Å². The zero-order chi connectivity index (χ0) is 16.6. The molecule has 0 spiro atoms. The second kappa shape index (κ2) is 5.83. The molecule has 2 N–H and O–H groups in total. The monoisotopic (exact) mass is 328 g/mol. The second-order valence-electron chi connectivity index (χ2n) is 6.12. The summed E-state index contributed by atoms with van der Waals surface area (Å²) in [5.74, 6) is 1.65. The molecule has 1 fully saturated rings. The molecule has 0 unspecified atom stereocenters. The normalized spacial score (nSPS) is 16.1. The number of aromatic nitrogens is 3. The molecular formula is C17H17FN4O2. The summed E-state index contributed by atoms with van der Waals surface area (Å²) in [6.45, 7) is 0. The molecule has 2 heterocycles. The number of nitrogens with zero attached hydrogens (tertiary/aromatic N) is 3. The average Bonchev–Trinajstić information content (AvgIpc) is 3.20. The van der Waals surface area contributed by atoms with E-state index in [4.69, 9.17) is 14.7 Å². The summed E-state index contributed by atoms with van der Waals surface area (Å²) >= 11 is 0. The largest absolute Gasteiger partial charge is 0.441 e. The SMILES string of the molecule is NC1(c2noc(CCc3ncc(-c4ccccc4F)o3)n2)CCC1. The fraction of sp³-hybridized carbons (Fsp3) is 0.353. The fourth-order valence-corrected chi connectivity index (χ4v) is 2.77. The molecule has 1 aliphatic carbocycles. The van der Waals surface area contributed by atoms with Gasteiger partial charge in [0.1, 0.15) is 5.82 Å². The summed E-state index contributed by atoms with van der Waals surface area (Å²) in [4.78, 5) is 8.55. The Morgan fingerprint density at radius 3 is 2.71 bits per heavy atom. The third-order valence-corrected chi connectivity index (χ3v) is 4.40. The second-order valence-corrected chi connectivity index (χ2v) is 6.12. The lowest BCUT2D eigenvalue weighted by molar-refractivity contribution is 0.229. The number of nitrogens with two attached hydrogens (primary N) is 1. The van der Waals surface area contributed by atoms with Gasteiger partial charge in [0.15, 0.2) is 17.5 Å². The molecule has 0 amide bonds. The van der Waals surface area contributed by atoms with Crippen molar-refractivity contribution in [1.82, 2.24) is 15.1 Å². The average molecular weight is 328 g/mol. The van der Waals surface area contributed by atoms with Crippen molar-refractivity contribution >= 4 is 0 Å². The molecule has 0 aliphatic heterocycles. The number of benzene rings is 1. The predicted molar refractivity (Wildman–Crippen MR) is 83.3 cm³/mol. The van der Waals surface area contributed by atoms with E-state index in [1.54, 1.807) is 18.2 Å². The highest BCUT2D eigenvalue weighted by Gasteiger charge is 2.38. The van der Waals surface area contributed by atoms with Crippen LogP contribution >= 0.6 is 0 Å². The highest BCUT2D eigenvalue weighted by Crippen LogP contribution is 2.36. The fourth-order valence-electron chi connectivity index (χ4n) is 2.77. The van der Waals surface area contributed by atoms with E-state index in [0.29, 0.717) is 41.8 Å². The van der Waals surface area contributed by atoms with Crippen LogP contribution in [-0.4, -0.2) is 15.1 Å². The summed E-state index contributed by atoms with van der Waals surface area (Å²) < 4.78 is 24.6. The van der Waals surface area contributed by atoms with Crippen LogP contribution in [0.3, 0.4) is 0 Å². The Bertz CT molecular complexity index is 854. The number of oxazole rings is 1. The molecule has 124 valence electrons. The van der Waals surface area contributed by atoms with Crippen molar-refractivity contribution in [3.63, 3.8) is 0 Å². The van der Waals surface area contributed by atoms with E-state index in [1.807, 2.05) is 0 Å². The van der Waals surface area contributed by atoms with Gasteiger partial charge in [-0.1, -0.05) is 17.3 Å². The number of rotatable bonds is 5. The van der Waals surface area contributed by atoms with Crippen LogP contribution in [0.2, 0.25) is 0 Å². The number of hydrogen-bond donors (Lipinski definition) is 1. The Balaban J connectivity index is 1.43. The van der Waals surface area contributed by atoms with Crippen molar-refractivity contribution < 1.29 is 13.3 Å². The van der Waals surface area contributed by atoms with Crippen LogP contribution in [0.1, 0.15) is 36.9 Å². The third-order valence-electron chi connectivity index (χ3n) is 4.40. The molecule has 0 saturated heterocycles. The maximum absolute atomic E-state index is 13.8. The van der Waals surface area contributed by atoms with Crippen molar-refractivity contribution in [3.8, 4) is 11.3 Å². The minimum absolute atomic E-state index is 0.338. The molecule has 1 aromatic carbocycles. The van der Waals surface area contributed by atoms with Crippen LogP contribution in [0.15, 0.2) is 39.4 Å². The van der Waals surface area contributed by atoms with Crippen LogP contribution in [-0.2, 0) is 18.4 Å². The first-order valence-corrected chi connectivity index (χ1v) is 7.96. The predicted octanol–water partition coefficient (Wildman–Crippen LogP) is 2.99. The molecular weight excluding hydrogens is 311 g/mol. The Hall–Kier alpha value is -2.54. The van der Waals surface area contributed by atoms with Crippen molar-refractivity contribution in [2.45, 2.75) is 37.6 Å². The molecule has 4 rings (SSSR count). The standard InChI is InChI=1S/C17H17FN4O2/c18-12-5-2-1-4-11(12)13-10-20-14(23-13)6-7-15-21-16(22-24-15)17(19)8-3-9-17/h1-2,4-5,10H,3,6-9,19H2. The molecule has 1 aliphatic rings. The molecule has 0 atom stereocenters.